The number of hydrogen-bond donors (Lipinski definition) is 1. The summed E-state index contributed by atoms with van der Waals surface area (Å²) < 4.78 is 28.8. The fourth-order valence-corrected chi connectivity index (χ4v) is 6.89. The van der Waals surface area contributed by atoms with Gasteiger partial charge in [0.05, 0.1) is 20.6 Å². The van der Waals surface area contributed by atoms with Crippen molar-refractivity contribution in [2.75, 3.05) is 10.8 Å². The number of nitrogens with one attached hydrogen (secondary N) is 1. The van der Waals surface area contributed by atoms with Crippen LogP contribution in [-0.2, 0) is 26.2 Å². The highest BCUT2D eigenvalue weighted by atomic mass is 35.5. The average molecular weight is 651 g/mol. The van der Waals surface area contributed by atoms with Crippen LogP contribution in [0.5, 0.6) is 0 Å². The largest absolute Gasteiger partial charge is 0.352 e. The van der Waals surface area contributed by atoms with Crippen LogP contribution in [0.2, 0.25) is 15.1 Å². The second kappa shape index (κ2) is 14.1. The smallest absolute Gasteiger partial charge is 0.264 e. The first kappa shape index (κ1) is 32.1. The zero-order valence-corrected chi connectivity index (χ0v) is 26.6. The molecule has 1 fully saturated rings. The minimum atomic E-state index is -4.18. The summed E-state index contributed by atoms with van der Waals surface area (Å²) >= 11 is 18.7. The number of hydrogen-bond acceptors (Lipinski definition) is 4. The van der Waals surface area contributed by atoms with Gasteiger partial charge in [-0.15, -0.1) is 0 Å². The van der Waals surface area contributed by atoms with Crippen molar-refractivity contribution in [3.8, 4) is 0 Å². The molecular formula is C31H34Cl3N3O4S. The van der Waals surface area contributed by atoms with E-state index in [1.807, 2.05) is 0 Å². The lowest BCUT2D eigenvalue weighted by Crippen LogP contribution is -2.53. The zero-order valence-electron chi connectivity index (χ0n) is 23.5. The van der Waals surface area contributed by atoms with E-state index in [0.717, 1.165) is 42.0 Å². The van der Waals surface area contributed by atoms with Gasteiger partial charge >= 0.3 is 0 Å². The van der Waals surface area contributed by atoms with Gasteiger partial charge in [0, 0.05) is 17.6 Å². The highest BCUT2D eigenvalue weighted by molar-refractivity contribution is 7.92. The van der Waals surface area contributed by atoms with E-state index in [0.29, 0.717) is 20.6 Å². The molecule has 11 heteroatoms. The Bertz CT molecular complexity index is 1530. The number of halogens is 3. The molecule has 7 nitrogen and oxygen atoms in total. The maximum absolute atomic E-state index is 14.1. The molecule has 2 amide bonds. The first-order valence-corrected chi connectivity index (χ1v) is 16.4. The van der Waals surface area contributed by atoms with E-state index in [1.54, 1.807) is 62.4 Å². The molecule has 0 heterocycles. The van der Waals surface area contributed by atoms with Crippen LogP contribution >= 0.6 is 34.8 Å². The first-order chi connectivity index (χ1) is 20.0. The van der Waals surface area contributed by atoms with Gasteiger partial charge in [-0.1, -0.05) is 84.4 Å². The summed E-state index contributed by atoms with van der Waals surface area (Å²) in [6, 6.07) is 16.8. The predicted molar refractivity (Wildman–Crippen MR) is 169 cm³/mol. The van der Waals surface area contributed by atoms with Gasteiger partial charge in [-0.2, -0.15) is 0 Å². The van der Waals surface area contributed by atoms with E-state index < -0.39 is 28.5 Å². The lowest BCUT2D eigenvalue weighted by Gasteiger charge is -2.33. The molecule has 0 aromatic heterocycles. The Morgan fingerprint density at radius 2 is 1.60 bits per heavy atom. The van der Waals surface area contributed by atoms with Gasteiger partial charge < -0.3 is 10.2 Å². The second-order valence-electron chi connectivity index (χ2n) is 10.5. The Morgan fingerprint density at radius 1 is 0.905 bits per heavy atom. The molecule has 1 N–H and O–H groups in total. The average Bonchev–Trinajstić information content (AvgIpc) is 2.98. The number of carbonyl (C=O) groups excluding carboxylic acids is 2. The topological polar surface area (TPSA) is 86.8 Å². The Balaban J connectivity index is 1.70. The number of aryl methyl sites for hydroxylation is 1. The van der Waals surface area contributed by atoms with Gasteiger partial charge in [0.25, 0.3) is 10.0 Å². The van der Waals surface area contributed by atoms with Crippen LogP contribution in [0.4, 0.5) is 5.69 Å². The quantitative estimate of drug-likeness (QED) is 0.256. The Hall–Kier alpha value is -2.78. The first-order valence-electron chi connectivity index (χ1n) is 13.8. The lowest BCUT2D eigenvalue weighted by atomic mass is 9.95. The monoisotopic (exact) mass is 649 g/mol. The van der Waals surface area contributed by atoms with Crippen LogP contribution in [0.15, 0.2) is 71.6 Å². The summed E-state index contributed by atoms with van der Waals surface area (Å²) in [5.74, 6) is -0.866. The van der Waals surface area contributed by atoms with Crippen molar-refractivity contribution >= 4 is 62.3 Å². The SMILES string of the molecule is Cc1ccc(N(CC(=O)N(Cc2ccc(Cl)c(Cl)c2)[C@@H](C)C(=O)NC2CCCCC2)S(=O)(=O)c2ccccc2)cc1Cl. The number of benzene rings is 3. The predicted octanol–water partition coefficient (Wildman–Crippen LogP) is 7.02. The molecular weight excluding hydrogens is 617 g/mol. The van der Waals surface area contributed by atoms with E-state index in [-0.39, 0.29) is 29.1 Å². The van der Waals surface area contributed by atoms with Gasteiger partial charge in [-0.25, -0.2) is 8.42 Å². The van der Waals surface area contributed by atoms with Crippen LogP contribution in [-0.4, -0.2) is 43.8 Å². The molecule has 0 bridgehead atoms. The van der Waals surface area contributed by atoms with Gasteiger partial charge in [0.1, 0.15) is 12.6 Å². The van der Waals surface area contributed by atoms with E-state index in [4.69, 9.17) is 34.8 Å². The summed E-state index contributed by atoms with van der Waals surface area (Å²) in [5.41, 5.74) is 1.64. The fourth-order valence-electron chi connectivity index (χ4n) is 4.97. The van der Waals surface area contributed by atoms with E-state index >= 15 is 0 Å². The molecule has 4 rings (SSSR count). The number of carbonyl (C=O) groups is 2. The Morgan fingerprint density at radius 3 is 2.24 bits per heavy atom. The van der Waals surface area contributed by atoms with E-state index in [2.05, 4.69) is 5.32 Å². The van der Waals surface area contributed by atoms with Gasteiger partial charge in [0.15, 0.2) is 0 Å². The molecule has 3 aromatic rings. The van der Waals surface area contributed by atoms with Crippen molar-refractivity contribution in [3.05, 3.63) is 92.9 Å². The maximum Gasteiger partial charge on any atom is 0.264 e. The van der Waals surface area contributed by atoms with Crippen LogP contribution < -0.4 is 9.62 Å². The van der Waals surface area contributed by atoms with Crippen molar-refractivity contribution in [3.63, 3.8) is 0 Å². The summed E-state index contributed by atoms with van der Waals surface area (Å²) in [5, 5.41) is 4.12. The van der Waals surface area contributed by atoms with E-state index in [9.17, 15) is 18.0 Å². The molecule has 0 unspecified atom stereocenters. The van der Waals surface area contributed by atoms with Crippen LogP contribution in [0, 0.1) is 6.92 Å². The van der Waals surface area contributed by atoms with Gasteiger partial charge in [0.2, 0.25) is 11.8 Å². The van der Waals surface area contributed by atoms with Gasteiger partial charge in [-0.05, 0) is 74.2 Å². The minimum absolute atomic E-state index is 0.0167. The van der Waals surface area contributed by atoms with Crippen molar-refractivity contribution in [2.24, 2.45) is 0 Å². The van der Waals surface area contributed by atoms with Gasteiger partial charge in [-0.3, -0.25) is 13.9 Å². The number of sulfonamides is 1. The number of amides is 2. The molecule has 42 heavy (non-hydrogen) atoms. The highest BCUT2D eigenvalue weighted by Crippen LogP contribution is 2.29. The standard InChI is InChI=1S/C31H34Cl3N3O4S/c1-21-13-15-25(18-28(21)33)37(42(40,41)26-11-7-4-8-12-26)20-30(38)36(19-23-14-16-27(32)29(34)17-23)22(2)31(39)35-24-9-5-3-6-10-24/h4,7-8,11-18,22,24H,3,5-6,9-10,19-20H2,1-2H3,(H,35,39)/t22-/m0/s1. The Labute approximate surface area is 262 Å². The second-order valence-corrected chi connectivity index (χ2v) is 13.6. The molecule has 1 saturated carbocycles. The third-order valence-electron chi connectivity index (χ3n) is 7.51. The molecule has 0 radical (unpaired) electrons. The van der Waals surface area contributed by atoms with E-state index in [1.165, 1.54) is 23.1 Å². The summed E-state index contributed by atoms with van der Waals surface area (Å²) in [6.45, 7) is 2.91. The van der Waals surface area contributed by atoms with Crippen molar-refractivity contribution in [1.82, 2.24) is 10.2 Å². The fraction of sp³-hybridized carbons (Fsp3) is 0.355. The zero-order chi connectivity index (χ0) is 30.4. The normalized spacial score (nSPS) is 14.7. The van der Waals surface area contributed by atoms with Crippen molar-refractivity contribution in [1.29, 1.82) is 0 Å². The number of anilines is 1. The molecule has 3 aromatic carbocycles. The summed E-state index contributed by atoms with van der Waals surface area (Å²) in [6.07, 6.45) is 4.99. The summed E-state index contributed by atoms with van der Waals surface area (Å²) in [7, 11) is -4.18. The number of rotatable bonds is 10. The maximum atomic E-state index is 14.1. The molecule has 1 atom stereocenters. The third-order valence-corrected chi connectivity index (χ3v) is 10.4. The number of nitrogens with zero attached hydrogens (tertiary/aromatic N) is 2. The van der Waals surface area contributed by atoms with Crippen molar-refractivity contribution < 1.29 is 18.0 Å². The van der Waals surface area contributed by atoms with Crippen LogP contribution in [0.25, 0.3) is 0 Å². The van der Waals surface area contributed by atoms with Crippen LogP contribution in [0.3, 0.4) is 0 Å². The molecule has 0 saturated heterocycles. The summed E-state index contributed by atoms with van der Waals surface area (Å²) in [4.78, 5) is 28.9. The lowest BCUT2D eigenvalue weighted by molar-refractivity contribution is -0.139. The molecule has 1 aliphatic carbocycles. The minimum Gasteiger partial charge on any atom is -0.352 e. The third kappa shape index (κ3) is 7.78. The molecule has 1 aliphatic rings. The van der Waals surface area contributed by atoms with Crippen LogP contribution in [0.1, 0.15) is 50.2 Å². The van der Waals surface area contributed by atoms with Crippen molar-refractivity contribution in [2.45, 2.75) is 69.5 Å². The molecule has 0 aliphatic heterocycles. The highest BCUT2D eigenvalue weighted by Gasteiger charge is 2.33. The molecule has 224 valence electrons. The Kier molecular flexibility index (Phi) is 10.8. The molecule has 0 spiro atoms.